The van der Waals surface area contributed by atoms with Gasteiger partial charge in [-0.15, -0.1) is 0 Å². The van der Waals surface area contributed by atoms with Gasteiger partial charge < -0.3 is 5.32 Å². The lowest BCUT2D eigenvalue weighted by molar-refractivity contribution is 0.0988. The van der Waals surface area contributed by atoms with Crippen molar-refractivity contribution >= 4 is 11.6 Å². The minimum atomic E-state index is 0.372. The van der Waals surface area contributed by atoms with E-state index in [0.29, 0.717) is 17.4 Å². The molecule has 1 N–H and O–H groups in total. The van der Waals surface area contributed by atoms with Crippen molar-refractivity contribution in [2.24, 2.45) is 11.3 Å². The molecule has 1 aliphatic carbocycles. The first kappa shape index (κ1) is 16.8. The van der Waals surface area contributed by atoms with Crippen LogP contribution in [0.2, 0.25) is 5.02 Å². The molecule has 0 heterocycles. The van der Waals surface area contributed by atoms with Gasteiger partial charge in [0.05, 0.1) is 0 Å². The largest absolute Gasteiger partial charge is 0.310 e. The maximum atomic E-state index is 6.60. The van der Waals surface area contributed by atoms with Gasteiger partial charge in [0.25, 0.3) is 0 Å². The smallest absolute Gasteiger partial charge is 0.0456 e. The first-order valence-electron chi connectivity index (χ1n) is 8.37. The van der Waals surface area contributed by atoms with Crippen LogP contribution in [-0.4, -0.2) is 6.54 Å². The maximum absolute atomic E-state index is 6.60. The minimum Gasteiger partial charge on any atom is -0.310 e. The Morgan fingerprint density at radius 3 is 2.52 bits per heavy atom. The monoisotopic (exact) mass is 307 g/mol. The lowest BCUT2D eigenvalue weighted by atomic mass is 9.64. The van der Waals surface area contributed by atoms with Crippen molar-refractivity contribution in [1.29, 1.82) is 0 Å². The van der Waals surface area contributed by atoms with Crippen molar-refractivity contribution in [3.8, 4) is 0 Å². The molecule has 2 unspecified atom stereocenters. The summed E-state index contributed by atoms with van der Waals surface area (Å²) in [5.74, 6) is 0.658. The first-order valence-corrected chi connectivity index (χ1v) is 8.74. The summed E-state index contributed by atoms with van der Waals surface area (Å²) in [5, 5.41) is 4.65. The summed E-state index contributed by atoms with van der Waals surface area (Å²) in [6.45, 7) is 12.4. The molecule has 0 saturated heterocycles. The van der Waals surface area contributed by atoms with E-state index in [1.807, 2.05) is 0 Å². The molecule has 0 radical (unpaired) electrons. The number of hydrogen-bond donors (Lipinski definition) is 1. The zero-order chi connectivity index (χ0) is 15.6. The van der Waals surface area contributed by atoms with Crippen LogP contribution >= 0.6 is 11.6 Å². The van der Waals surface area contributed by atoms with E-state index in [1.54, 1.807) is 0 Å². The van der Waals surface area contributed by atoms with Gasteiger partial charge >= 0.3 is 0 Å². The quantitative estimate of drug-likeness (QED) is 0.738. The number of halogens is 1. The van der Waals surface area contributed by atoms with Gasteiger partial charge in [-0.3, -0.25) is 0 Å². The first-order chi connectivity index (χ1) is 9.86. The molecule has 0 spiro atoms. The molecule has 118 valence electrons. The third-order valence-electron chi connectivity index (χ3n) is 5.36. The van der Waals surface area contributed by atoms with E-state index in [9.17, 15) is 0 Å². The summed E-state index contributed by atoms with van der Waals surface area (Å²) in [5.41, 5.74) is 4.29. The van der Waals surface area contributed by atoms with E-state index in [4.69, 9.17) is 11.6 Å². The molecule has 1 aromatic carbocycles. The summed E-state index contributed by atoms with van der Waals surface area (Å²) in [7, 11) is 0. The molecule has 2 atom stereocenters. The Morgan fingerprint density at radius 1 is 1.24 bits per heavy atom. The Kier molecular flexibility index (Phi) is 5.38. The molecule has 1 aliphatic rings. The third kappa shape index (κ3) is 3.63. The number of nitrogens with one attached hydrogen (secondary N) is 1. The van der Waals surface area contributed by atoms with Crippen LogP contribution in [0.25, 0.3) is 0 Å². The van der Waals surface area contributed by atoms with E-state index in [-0.39, 0.29) is 0 Å². The zero-order valence-electron chi connectivity index (χ0n) is 14.2. The predicted molar refractivity (Wildman–Crippen MR) is 93.1 cm³/mol. The second-order valence-electron chi connectivity index (χ2n) is 7.33. The summed E-state index contributed by atoms with van der Waals surface area (Å²) >= 11 is 6.60. The van der Waals surface area contributed by atoms with Crippen LogP contribution in [0.15, 0.2) is 12.1 Å². The summed E-state index contributed by atoms with van der Waals surface area (Å²) in [4.78, 5) is 0. The highest BCUT2D eigenvalue weighted by Crippen LogP contribution is 2.48. The van der Waals surface area contributed by atoms with Crippen LogP contribution in [0, 0.1) is 25.2 Å². The minimum absolute atomic E-state index is 0.372. The third-order valence-corrected chi connectivity index (χ3v) is 5.69. The molecular formula is C19H30ClN. The second kappa shape index (κ2) is 6.71. The number of aryl methyl sites for hydroxylation is 2. The SMILES string of the molecule is CCNC(c1cc(C)c(C)cc1Cl)C1CCCCC1(C)C. The van der Waals surface area contributed by atoms with Gasteiger partial charge in [0.1, 0.15) is 0 Å². The van der Waals surface area contributed by atoms with E-state index < -0.39 is 0 Å². The zero-order valence-corrected chi connectivity index (χ0v) is 15.0. The molecule has 0 aliphatic heterocycles. The Balaban J connectivity index is 2.41. The standard InChI is InChI=1S/C19H30ClN/c1-6-21-18(16-9-7-8-10-19(16,4)5)15-11-13(2)14(3)12-17(15)20/h11-12,16,18,21H,6-10H2,1-5H3. The van der Waals surface area contributed by atoms with Crippen molar-refractivity contribution in [3.05, 3.63) is 33.8 Å². The van der Waals surface area contributed by atoms with Crippen LogP contribution in [0.1, 0.15) is 69.2 Å². The topological polar surface area (TPSA) is 12.0 Å². The normalized spacial score (nSPS) is 23.0. The number of rotatable bonds is 4. The molecular weight excluding hydrogens is 278 g/mol. The molecule has 0 aromatic heterocycles. The van der Waals surface area contributed by atoms with E-state index >= 15 is 0 Å². The predicted octanol–water partition coefficient (Wildman–Crippen LogP) is 5.82. The van der Waals surface area contributed by atoms with E-state index in [0.717, 1.165) is 11.6 Å². The van der Waals surface area contributed by atoms with Gasteiger partial charge in [-0.25, -0.2) is 0 Å². The fraction of sp³-hybridized carbons (Fsp3) is 0.684. The van der Waals surface area contributed by atoms with Gasteiger partial charge in [-0.1, -0.05) is 51.3 Å². The van der Waals surface area contributed by atoms with Crippen LogP contribution in [0.4, 0.5) is 0 Å². The van der Waals surface area contributed by atoms with Gasteiger partial charge in [0.15, 0.2) is 0 Å². The van der Waals surface area contributed by atoms with Crippen molar-refractivity contribution in [2.45, 2.75) is 66.3 Å². The maximum Gasteiger partial charge on any atom is 0.0456 e. The highest BCUT2D eigenvalue weighted by Gasteiger charge is 2.38. The Morgan fingerprint density at radius 2 is 1.90 bits per heavy atom. The molecule has 0 amide bonds. The van der Waals surface area contributed by atoms with Crippen molar-refractivity contribution in [3.63, 3.8) is 0 Å². The fourth-order valence-corrected chi connectivity index (χ4v) is 4.21. The molecule has 1 aromatic rings. The number of hydrogen-bond acceptors (Lipinski definition) is 1. The average Bonchev–Trinajstić information content (AvgIpc) is 2.41. The molecule has 1 fully saturated rings. The van der Waals surface area contributed by atoms with Gasteiger partial charge in [-0.05, 0) is 67.3 Å². The lowest BCUT2D eigenvalue weighted by Crippen LogP contribution is -2.39. The van der Waals surface area contributed by atoms with Crippen LogP contribution in [0.3, 0.4) is 0 Å². The Labute approximate surface area is 135 Å². The van der Waals surface area contributed by atoms with Crippen LogP contribution in [-0.2, 0) is 0 Å². The van der Waals surface area contributed by atoms with E-state index in [1.165, 1.54) is 42.4 Å². The highest BCUT2D eigenvalue weighted by atomic mass is 35.5. The molecule has 2 rings (SSSR count). The van der Waals surface area contributed by atoms with E-state index in [2.05, 4.69) is 52.1 Å². The molecule has 0 bridgehead atoms. The molecule has 1 saturated carbocycles. The molecule has 1 nitrogen and oxygen atoms in total. The summed E-state index contributed by atoms with van der Waals surface area (Å²) in [6.07, 6.45) is 5.33. The Bertz CT molecular complexity index is 493. The average molecular weight is 308 g/mol. The lowest BCUT2D eigenvalue weighted by Gasteiger charge is -2.44. The molecule has 21 heavy (non-hydrogen) atoms. The summed E-state index contributed by atoms with van der Waals surface area (Å²) in [6, 6.07) is 4.80. The van der Waals surface area contributed by atoms with Crippen molar-refractivity contribution in [2.75, 3.05) is 6.54 Å². The van der Waals surface area contributed by atoms with Gasteiger partial charge in [0, 0.05) is 11.1 Å². The van der Waals surface area contributed by atoms with Crippen LogP contribution < -0.4 is 5.32 Å². The Hall–Kier alpha value is -0.530. The fourth-order valence-electron chi connectivity index (χ4n) is 3.87. The van der Waals surface area contributed by atoms with Gasteiger partial charge in [-0.2, -0.15) is 0 Å². The van der Waals surface area contributed by atoms with Gasteiger partial charge in [0.2, 0.25) is 0 Å². The van der Waals surface area contributed by atoms with Crippen molar-refractivity contribution in [1.82, 2.24) is 5.32 Å². The second-order valence-corrected chi connectivity index (χ2v) is 7.74. The summed E-state index contributed by atoms with van der Waals surface area (Å²) < 4.78 is 0. The van der Waals surface area contributed by atoms with Crippen LogP contribution in [0.5, 0.6) is 0 Å². The van der Waals surface area contributed by atoms with Crippen molar-refractivity contribution < 1.29 is 0 Å². The highest BCUT2D eigenvalue weighted by molar-refractivity contribution is 6.31. The number of benzene rings is 1. The molecule has 2 heteroatoms.